The third-order valence-corrected chi connectivity index (χ3v) is 5.86. The number of carbonyl (C=O) groups excluding carboxylic acids is 1. The number of benzene rings is 1. The van der Waals surface area contributed by atoms with Crippen molar-refractivity contribution in [3.63, 3.8) is 0 Å². The van der Waals surface area contributed by atoms with Crippen molar-refractivity contribution in [2.45, 2.75) is 12.5 Å². The largest absolute Gasteiger partial charge is 0.336 e. The highest BCUT2D eigenvalue weighted by Gasteiger charge is 2.31. The first kappa shape index (κ1) is 16.7. The molecule has 1 atom stereocenters. The number of rotatable bonds is 2. The minimum atomic E-state index is 0. The maximum atomic E-state index is 12.8. The molecule has 1 amide bonds. The molecule has 0 saturated carbocycles. The molecule has 2 aliphatic rings. The first-order chi connectivity index (χ1) is 10.8. The predicted octanol–water partition coefficient (Wildman–Crippen LogP) is 2.44. The third-order valence-electron chi connectivity index (χ3n) is 4.75. The average molecular weight is 352 g/mol. The van der Waals surface area contributed by atoms with Crippen LogP contribution in [-0.2, 0) is 0 Å². The maximum Gasteiger partial charge on any atom is 0.264 e. The summed E-state index contributed by atoms with van der Waals surface area (Å²) in [6.45, 7) is 6.13. The fourth-order valence-electron chi connectivity index (χ4n) is 3.51. The van der Waals surface area contributed by atoms with Crippen LogP contribution in [0.15, 0.2) is 30.3 Å². The van der Waals surface area contributed by atoms with Crippen molar-refractivity contribution in [3.05, 3.63) is 35.2 Å². The number of piperazine rings is 1. The molecule has 6 heteroatoms. The summed E-state index contributed by atoms with van der Waals surface area (Å²) in [7, 11) is 0. The normalized spacial score (nSPS) is 22.3. The molecule has 23 heavy (non-hydrogen) atoms. The summed E-state index contributed by atoms with van der Waals surface area (Å²) in [6, 6.07) is 10.8. The van der Waals surface area contributed by atoms with Crippen LogP contribution in [0.1, 0.15) is 16.1 Å². The van der Waals surface area contributed by atoms with E-state index in [1.807, 2.05) is 23.1 Å². The van der Waals surface area contributed by atoms with Crippen LogP contribution in [0.25, 0.3) is 10.1 Å². The van der Waals surface area contributed by atoms with Gasteiger partial charge in [-0.2, -0.15) is 0 Å². The molecular weight excluding hydrogens is 330 g/mol. The summed E-state index contributed by atoms with van der Waals surface area (Å²) in [6.07, 6.45) is 1.11. The molecule has 0 bridgehead atoms. The number of fused-ring (bicyclic) bond motifs is 1. The number of amides is 1. The van der Waals surface area contributed by atoms with Gasteiger partial charge in [-0.15, -0.1) is 23.7 Å². The molecule has 1 N–H and O–H groups in total. The standard InChI is InChI=1S/C17H21N3OS.ClH/c21-17(16-11-13-3-1-2-4-15(13)22-16)20-8-5-14(12-20)19-9-6-18-7-10-19;/h1-4,11,14,18H,5-10,12H2;1H. The van der Waals surface area contributed by atoms with Crippen LogP contribution < -0.4 is 5.32 Å². The van der Waals surface area contributed by atoms with Crippen molar-refractivity contribution in [3.8, 4) is 0 Å². The van der Waals surface area contributed by atoms with Crippen LogP contribution in [0.4, 0.5) is 0 Å². The monoisotopic (exact) mass is 351 g/mol. The smallest absolute Gasteiger partial charge is 0.264 e. The van der Waals surface area contributed by atoms with Crippen molar-refractivity contribution in [2.75, 3.05) is 39.3 Å². The van der Waals surface area contributed by atoms with Gasteiger partial charge in [-0.25, -0.2) is 0 Å². The zero-order chi connectivity index (χ0) is 14.9. The van der Waals surface area contributed by atoms with Crippen LogP contribution in [0, 0.1) is 0 Å². The number of halogens is 1. The van der Waals surface area contributed by atoms with Gasteiger partial charge in [0.05, 0.1) is 4.88 Å². The van der Waals surface area contributed by atoms with Gasteiger partial charge in [0.2, 0.25) is 0 Å². The second-order valence-corrected chi connectivity index (χ2v) is 7.21. The molecule has 2 aliphatic heterocycles. The number of nitrogens with one attached hydrogen (secondary N) is 1. The third kappa shape index (κ3) is 3.38. The van der Waals surface area contributed by atoms with E-state index in [1.54, 1.807) is 11.3 Å². The maximum absolute atomic E-state index is 12.8. The van der Waals surface area contributed by atoms with E-state index in [2.05, 4.69) is 22.3 Å². The zero-order valence-electron chi connectivity index (χ0n) is 13.0. The minimum Gasteiger partial charge on any atom is -0.336 e. The molecular formula is C17H22ClN3OS. The highest BCUT2D eigenvalue weighted by Crippen LogP contribution is 2.28. The number of hydrogen-bond acceptors (Lipinski definition) is 4. The average Bonchev–Trinajstić information content (AvgIpc) is 3.22. The number of carbonyl (C=O) groups is 1. The summed E-state index contributed by atoms with van der Waals surface area (Å²) in [5.41, 5.74) is 0. The molecule has 0 spiro atoms. The Kier molecular flexibility index (Phi) is 5.21. The molecule has 2 saturated heterocycles. The Morgan fingerprint density at radius 2 is 1.96 bits per heavy atom. The van der Waals surface area contributed by atoms with Gasteiger partial charge in [-0.3, -0.25) is 9.69 Å². The Hall–Kier alpha value is -1.14. The van der Waals surface area contributed by atoms with E-state index in [0.29, 0.717) is 6.04 Å². The van der Waals surface area contributed by atoms with Gasteiger partial charge in [0.15, 0.2) is 0 Å². The summed E-state index contributed by atoms with van der Waals surface area (Å²) in [5.74, 6) is 0.207. The molecule has 124 valence electrons. The summed E-state index contributed by atoms with van der Waals surface area (Å²) < 4.78 is 1.20. The molecule has 4 nitrogen and oxygen atoms in total. The predicted molar refractivity (Wildman–Crippen MR) is 97.8 cm³/mol. The second kappa shape index (κ2) is 7.18. The Morgan fingerprint density at radius 3 is 2.74 bits per heavy atom. The summed E-state index contributed by atoms with van der Waals surface area (Å²) in [5, 5.41) is 4.57. The van der Waals surface area contributed by atoms with E-state index in [4.69, 9.17) is 0 Å². The number of hydrogen-bond donors (Lipinski definition) is 1. The fraction of sp³-hybridized carbons (Fsp3) is 0.471. The molecule has 3 heterocycles. The van der Waals surface area contributed by atoms with Crippen molar-refractivity contribution < 1.29 is 4.79 Å². The number of nitrogens with zero attached hydrogens (tertiary/aromatic N) is 2. The zero-order valence-corrected chi connectivity index (χ0v) is 14.7. The lowest BCUT2D eigenvalue weighted by Crippen LogP contribution is -2.49. The molecule has 0 radical (unpaired) electrons. The first-order valence-electron chi connectivity index (χ1n) is 8.04. The topological polar surface area (TPSA) is 35.6 Å². The molecule has 1 aromatic heterocycles. The first-order valence-corrected chi connectivity index (χ1v) is 8.85. The Balaban J connectivity index is 0.00000156. The van der Waals surface area contributed by atoms with Crippen molar-refractivity contribution >= 4 is 39.7 Å². The number of likely N-dealkylation sites (tertiary alicyclic amines) is 1. The van der Waals surface area contributed by atoms with Gasteiger partial charge >= 0.3 is 0 Å². The fourth-order valence-corrected chi connectivity index (χ4v) is 4.55. The van der Waals surface area contributed by atoms with Gasteiger partial charge in [0, 0.05) is 50.0 Å². The lowest BCUT2D eigenvalue weighted by Gasteiger charge is -2.32. The van der Waals surface area contributed by atoms with Gasteiger partial charge in [-0.1, -0.05) is 18.2 Å². The van der Waals surface area contributed by atoms with Crippen molar-refractivity contribution in [2.24, 2.45) is 0 Å². The lowest BCUT2D eigenvalue weighted by atomic mass is 10.2. The molecule has 1 aromatic carbocycles. The molecule has 0 aliphatic carbocycles. The van der Waals surface area contributed by atoms with Crippen molar-refractivity contribution in [1.29, 1.82) is 0 Å². The molecule has 2 fully saturated rings. The molecule has 2 aromatic rings. The summed E-state index contributed by atoms with van der Waals surface area (Å²) >= 11 is 1.61. The Labute approximate surface area is 146 Å². The molecule has 1 unspecified atom stereocenters. The minimum absolute atomic E-state index is 0. The quantitative estimate of drug-likeness (QED) is 0.902. The van der Waals surface area contributed by atoms with E-state index < -0.39 is 0 Å². The highest BCUT2D eigenvalue weighted by molar-refractivity contribution is 7.20. The van der Waals surface area contributed by atoms with Crippen LogP contribution >= 0.6 is 23.7 Å². The van der Waals surface area contributed by atoms with E-state index in [0.717, 1.165) is 50.6 Å². The lowest BCUT2D eigenvalue weighted by molar-refractivity contribution is 0.0778. The van der Waals surface area contributed by atoms with Crippen LogP contribution in [0.3, 0.4) is 0 Å². The second-order valence-electron chi connectivity index (χ2n) is 6.13. The highest BCUT2D eigenvalue weighted by atomic mass is 35.5. The van der Waals surface area contributed by atoms with E-state index in [9.17, 15) is 4.79 Å². The SMILES string of the molecule is Cl.O=C(c1cc2ccccc2s1)N1CCC(N2CCNCC2)C1. The Bertz CT molecular complexity index is 650. The van der Waals surface area contributed by atoms with Crippen LogP contribution in [0.5, 0.6) is 0 Å². The van der Waals surface area contributed by atoms with E-state index in [-0.39, 0.29) is 18.3 Å². The van der Waals surface area contributed by atoms with Crippen molar-refractivity contribution in [1.82, 2.24) is 15.1 Å². The number of thiophene rings is 1. The van der Waals surface area contributed by atoms with Gasteiger partial charge in [0.1, 0.15) is 0 Å². The summed E-state index contributed by atoms with van der Waals surface area (Å²) in [4.78, 5) is 18.2. The van der Waals surface area contributed by atoms with E-state index in [1.165, 1.54) is 10.1 Å². The van der Waals surface area contributed by atoms with Gasteiger partial charge in [0.25, 0.3) is 5.91 Å². The van der Waals surface area contributed by atoms with Crippen LogP contribution in [0.2, 0.25) is 0 Å². The van der Waals surface area contributed by atoms with Crippen LogP contribution in [-0.4, -0.2) is 61.0 Å². The molecule has 4 rings (SSSR count). The van der Waals surface area contributed by atoms with Gasteiger partial charge in [-0.05, 0) is 23.9 Å². The van der Waals surface area contributed by atoms with Gasteiger partial charge < -0.3 is 10.2 Å². The Morgan fingerprint density at radius 1 is 1.17 bits per heavy atom. The van der Waals surface area contributed by atoms with E-state index >= 15 is 0 Å².